The highest BCUT2D eigenvalue weighted by Gasteiger charge is 2.10. The maximum Gasteiger partial charge on any atom is 0.252 e. The van der Waals surface area contributed by atoms with Crippen LogP contribution in [-0.4, -0.2) is 17.8 Å². The topological polar surface area (TPSA) is 29.1 Å². The molecule has 0 saturated carbocycles. The number of alkyl halides is 1. The maximum atomic E-state index is 11.8. The highest BCUT2D eigenvalue weighted by atomic mass is 35.5. The molecule has 0 bridgehead atoms. The number of nitrogens with one attached hydrogen (secondary N) is 1. The molecule has 0 aromatic heterocycles. The van der Waals surface area contributed by atoms with Crippen LogP contribution >= 0.6 is 23.2 Å². The highest BCUT2D eigenvalue weighted by Crippen LogP contribution is 2.19. The van der Waals surface area contributed by atoms with Crippen LogP contribution in [0.2, 0.25) is 5.02 Å². The Bertz CT molecular complexity index is 391. The minimum atomic E-state index is -0.124. The highest BCUT2D eigenvalue weighted by molar-refractivity contribution is 6.34. The average molecular weight is 274 g/mol. The molecular weight excluding hydrogens is 257 g/mol. The molecule has 1 aromatic rings. The lowest BCUT2D eigenvalue weighted by molar-refractivity contribution is 0.0953. The quantitative estimate of drug-likeness (QED) is 0.642. The van der Waals surface area contributed by atoms with Crippen LogP contribution in [0.4, 0.5) is 0 Å². The summed E-state index contributed by atoms with van der Waals surface area (Å²) in [6.45, 7) is 4.45. The van der Waals surface area contributed by atoms with Crippen molar-refractivity contribution in [3.63, 3.8) is 0 Å². The fourth-order valence-electron chi connectivity index (χ4n) is 1.50. The molecule has 0 heterocycles. The van der Waals surface area contributed by atoms with E-state index < -0.39 is 0 Å². The zero-order valence-electron chi connectivity index (χ0n) is 10.1. The van der Waals surface area contributed by atoms with E-state index in [0.29, 0.717) is 17.1 Å². The Labute approximate surface area is 112 Å². The van der Waals surface area contributed by atoms with Crippen LogP contribution in [0.5, 0.6) is 0 Å². The lowest BCUT2D eigenvalue weighted by atomic mass is 10.1. The third-order valence-corrected chi connectivity index (χ3v) is 3.22. The summed E-state index contributed by atoms with van der Waals surface area (Å²) in [4.78, 5) is 11.8. The van der Waals surface area contributed by atoms with E-state index in [1.54, 1.807) is 6.07 Å². The van der Waals surface area contributed by atoms with Crippen molar-refractivity contribution in [3.05, 3.63) is 34.3 Å². The average Bonchev–Trinajstić information content (AvgIpc) is 2.27. The number of aryl methyl sites for hydroxylation is 1. The van der Waals surface area contributed by atoms with Gasteiger partial charge in [-0.1, -0.05) is 23.7 Å². The third kappa shape index (κ3) is 4.57. The van der Waals surface area contributed by atoms with Gasteiger partial charge in [0.25, 0.3) is 5.91 Å². The fraction of sp³-hybridized carbons (Fsp3) is 0.462. The minimum absolute atomic E-state index is 0.124. The van der Waals surface area contributed by atoms with Gasteiger partial charge in [0.05, 0.1) is 10.6 Å². The normalized spacial score (nSPS) is 12.2. The molecule has 4 heteroatoms. The van der Waals surface area contributed by atoms with E-state index in [0.717, 1.165) is 18.4 Å². The smallest absolute Gasteiger partial charge is 0.252 e. The lowest BCUT2D eigenvalue weighted by Gasteiger charge is -2.08. The number of benzene rings is 1. The first-order valence-electron chi connectivity index (χ1n) is 5.69. The number of carbonyl (C=O) groups excluding carboxylic acids is 1. The van der Waals surface area contributed by atoms with Gasteiger partial charge in [0.1, 0.15) is 0 Å². The first-order valence-corrected chi connectivity index (χ1v) is 6.51. The molecule has 17 heavy (non-hydrogen) atoms. The van der Waals surface area contributed by atoms with Gasteiger partial charge in [-0.2, -0.15) is 0 Å². The number of halogens is 2. The molecule has 0 saturated heterocycles. The molecule has 1 rings (SSSR count). The van der Waals surface area contributed by atoms with E-state index >= 15 is 0 Å². The van der Waals surface area contributed by atoms with E-state index in [1.165, 1.54) is 0 Å². The number of amides is 1. The monoisotopic (exact) mass is 273 g/mol. The van der Waals surface area contributed by atoms with Gasteiger partial charge in [-0.3, -0.25) is 4.79 Å². The fourth-order valence-corrected chi connectivity index (χ4v) is 1.87. The molecule has 0 fully saturated rings. The molecule has 1 amide bonds. The summed E-state index contributed by atoms with van der Waals surface area (Å²) < 4.78 is 0. The molecule has 1 atom stereocenters. The van der Waals surface area contributed by atoms with E-state index in [1.807, 2.05) is 26.0 Å². The molecule has 0 spiro atoms. The second-order valence-corrected chi connectivity index (χ2v) is 5.24. The van der Waals surface area contributed by atoms with Gasteiger partial charge in [-0.25, -0.2) is 0 Å². The molecule has 1 N–H and O–H groups in total. The molecule has 0 aliphatic rings. The van der Waals surface area contributed by atoms with Gasteiger partial charge in [-0.05, 0) is 38.3 Å². The number of hydrogen-bond acceptors (Lipinski definition) is 1. The van der Waals surface area contributed by atoms with Crippen molar-refractivity contribution in [3.8, 4) is 0 Å². The standard InChI is InChI=1S/C13H17Cl2NO/c1-9-5-3-7-11(12(9)15)13(17)16-8-4-6-10(2)14/h3,5,7,10H,4,6,8H2,1-2H3,(H,16,17). The van der Waals surface area contributed by atoms with Crippen LogP contribution in [0.1, 0.15) is 35.7 Å². The lowest BCUT2D eigenvalue weighted by Crippen LogP contribution is -2.25. The molecule has 0 aliphatic heterocycles. The van der Waals surface area contributed by atoms with Crippen LogP contribution in [0, 0.1) is 6.92 Å². The molecular formula is C13H17Cl2NO. The molecule has 1 aromatic carbocycles. The second kappa shape index (κ2) is 6.87. The van der Waals surface area contributed by atoms with Crippen LogP contribution in [-0.2, 0) is 0 Å². The molecule has 2 nitrogen and oxygen atoms in total. The van der Waals surface area contributed by atoms with Gasteiger partial charge < -0.3 is 5.32 Å². The Kier molecular flexibility index (Phi) is 5.79. The van der Waals surface area contributed by atoms with E-state index in [4.69, 9.17) is 23.2 Å². The van der Waals surface area contributed by atoms with Crippen LogP contribution in [0.25, 0.3) is 0 Å². The van der Waals surface area contributed by atoms with Crippen molar-refractivity contribution in [2.45, 2.75) is 32.1 Å². The van der Waals surface area contributed by atoms with E-state index in [9.17, 15) is 4.79 Å². The summed E-state index contributed by atoms with van der Waals surface area (Å²) in [5.74, 6) is -0.124. The number of hydrogen-bond donors (Lipinski definition) is 1. The summed E-state index contributed by atoms with van der Waals surface area (Å²) in [6.07, 6.45) is 1.77. The van der Waals surface area contributed by atoms with Gasteiger partial charge >= 0.3 is 0 Å². The largest absolute Gasteiger partial charge is 0.352 e. The van der Waals surface area contributed by atoms with Crippen LogP contribution in [0.15, 0.2) is 18.2 Å². The van der Waals surface area contributed by atoms with Crippen molar-refractivity contribution in [2.75, 3.05) is 6.54 Å². The summed E-state index contributed by atoms with van der Waals surface area (Å²) in [5, 5.41) is 3.51. The van der Waals surface area contributed by atoms with Crippen molar-refractivity contribution >= 4 is 29.1 Å². The zero-order valence-corrected chi connectivity index (χ0v) is 11.6. The summed E-state index contributed by atoms with van der Waals surface area (Å²) >= 11 is 11.9. The van der Waals surface area contributed by atoms with Gasteiger partial charge in [0.2, 0.25) is 0 Å². The van der Waals surface area contributed by atoms with Crippen molar-refractivity contribution < 1.29 is 4.79 Å². The van der Waals surface area contributed by atoms with Crippen LogP contribution < -0.4 is 5.32 Å². The van der Waals surface area contributed by atoms with Gasteiger partial charge in [0, 0.05) is 11.9 Å². The first kappa shape index (κ1) is 14.3. The van der Waals surface area contributed by atoms with Crippen molar-refractivity contribution in [1.82, 2.24) is 5.32 Å². The number of rotatable bonds is 5. The summed E-state index contributed by atoms with van der Waals surface area (Å²) in [6, 6.07) is 5.44. The summed E-state index contributed by atoms with van der Waals surface area (Å²) in [7, 11) is 0. The Hall–Kier alpha value is -0.730. The third-order valence-electron chi connectivity index (χ3n) is 2.50. The molecule has 94 valence electrons. The summed E-state index contributed by atoms with van der Waals surface area (Å²) in [5.41, 5.74) is 1.44. The minimum Gasteiger partial charge on any atom is -0.352 e. The zero-order chi connectivity index (χ0) is 12.8. The van der Waals surface area contributed by atoms with Crippen molar-refractivity contribution in [1.29, 1.82) is 0 Å². The Morgan fingerprint density at radius 3 is 2.82 bits per heavy atom. The molecule has 1 unspecified atom stereocenters. The van der Waals surface area contributed by atoms with Gasteiger partial charge in [-0.15, -0.1) is 11.6 Å². The molecule has 0 radical (unpaired) electrons. The Morgan fingerprint density at radius 2 is 2.18 bits per heavy atom. The van der Waals surface area contributed by atoms with Crippen molar-refractivity contribution in [2.24, 2.45) is 0 Å². The first-order chi connectivity index (χ1) is 8.02. The van der Waals surface area contributed by atoms with Crippen LogP contribution in [0.3, 0.4) is 0 Å². The predicted octanol–water partition coefficient (Wildman–Crippen LogP) is 3.79. The van der Waals surface area contributed by atoms with E-state index in [-0.39, 0.29) is 11.3 Å². The van der Waals surface area contributed by atoms with E-state index in [2.05, 4.69) is 5.32 Å². The predicted molar refractivity (Wildman–Crippen MR) is 73.1 cm³/mol. The molecule has 0 aliphatic carbocycles. The Morgan fingerprint density at radius 1 is 1.47 bits per heavy atom. The SMILES string of the molecule is Cc1cccc(C(=O)NCCCC(C)Cl)c1Cl. The Balaban J connectivity index is 2.50. The second-order valence-electron chi connectivity index (χ2n) is 4.12. The maximum absolute atomic E-state index is 11.8. The number of carbonyl (C=O) groups is 1. The van der Waals surface area contributed by atoms with Gasteiger partial charge in [0.15, 0.2) is 0 Å².